The van der Waals surface area contributed by atoms with Gasteiger partial charge in [-0.1, -0.05) is 24.6 Å². The SMILES string of the molecule is CSc1ccccc1CN1CCC(N2CCCCC2)C1. The number of thioether (sulfide) groups is 1. The Bertz CT molecular complexity index is 429. The first-order valence-corrected chi connectivity index (χ1v) is 9.17. The predicted molar refractivity (Wildman–Crippen MR) is 87.3 cm³/mol. The largest absolute Gasteiger partial charge is 0.299 e. The summed E-state index contributed by atoms with van der Waals surface area (Å²) in [7, 11) is 0. The van der Waals surface area contributed by atoms with Crippen LogP contribution < -0.4 is 0 Å². The number of hydrogen-bond donors (Lipinski definition) is 0. The van der Waals surface area contributed by atoms with Gasteiger partial charge in [-0.3, -0.25) is 9.80 Å². The highest BCUT2D eigenvalue weighted by Gasteiger charge is 2.28. The summed E-state index contributed by atoms with van der Waals surface area (Å²) in [5.74, 6) is 0. The van der Waals surface area contributed by atoms with Crippen LogP contribution in [-0.4, -0.2) is 48.3 Å². The van der Waals surface area contributed by atoms with Crippen LogP contribution in [0.4, 0.5) is 0 Å². The molecule has 0 spiro atoms. The van der Waals surface area contributed by atoms with Crippen LogP contribution in [-0.2, 0) is 6.54 Å². The van der Waals surface area contributed by atoms with Crippen LogP contribution in [0, 0.1) is 0 Å². The van der Waals surface area contributed by atoms with Crippen molar-refractivity contribution in [3.8, 4) is 0 Å². The fourth-order valence-corrected chi connectivity index (χ4v) is 4.22. The number of likely N-dealkylation sites (tertiary alicyclic amines) is 2. The molecule has 20 heavy (non-hydrogen) atoms. The van der Waals surface area contributed by atoms with Crippen molar-refractivity contribution < 1.29 is 0 Å². The minimum atomic E-state index is 0.816. The summed E-state index contributed by atoms with van der Waals surface area (Å²) >= 11 is 1.87. The molecule has 1 aromatic rings. The van der Waals surface area contributed by atoms with Crippen molar-refractivity contribution in [2.24, 2.45) is 0 Å². The normalized spacial score (nSPS) is 25.1. The van der Waals surface area contributed by atoms with Crippen LogP contribution in [0.2, 0.25) is 0 Å². The van der Waals surface area contributed by atoms with Crippen molar-refractivity contribution in [3.05, 3.63) is 29.8 Å². The topological polar surface area (TPSA) is 6.48 Å². The lowest BCUT2D eigenvalue weighted by Gasteiger charge is -2.32. The second-order valence-electron chi connectivity index (χ2n) is 6.09. The van der Waals surface area contributed by atoms with E-state index in [0.717, 1.165) is 12.6 Å². The van der Waals surface area contributed by atoms with Gasteiger partial charge in [0, 0.05) is 30.6 Å². The lowest BCUT2D eigenvalue weighted by Crippen LogP contribution is -2.40. The van der Waals surface area contributed by atoms with Crippen LogP contribution in [0.3, 0.4) is 0 Å². The minimum absolute atomic E-state index is 0.816. The summed E-state index contributed by atoms with van der Waals surface area (Å²) in [6, 6.07) is 9.68. The second kappa shape index (κ2) is 6.97. The Morgan fingerprint density at radius 3 is 2.70 bits per heavy atom. The molecular weight excluding hydrogens is 264 g/mol. The maximum atomic E-state index is 2.74. The molecule has 0 amide bonds. The van der Waals surface area contributed by atoms with E-state index < -0.39 is 0 Å². The number of nitrogens with zero attached hydrogens (tertiary/aromatic N) is 2. The quantitative estimate of drug-likeness (QED) is 0.784. The van der Waals surface area contributed by atoms with E-state index in [2.05, 4.69) is 40.3 Å². The molecule has 3 heteroatoms. The standard InChI is InChI=1S/C17H26N2S/c1-20-17-8-4-3-7-15(17)13-18-12-9-16(14-18)19-10-5-2-6-11-19/h3-4,7-8,16H,2,5-6,9-14H2,1H3. The molecule has 110 valence electrons. The number of piperidine rings is 1. The number of hydrogen-bond acceptors (Lipinski definition) is 3. The van der Waals surface area contributed by atoms with Crippen molar-refractivity contribution in [2.75, 3.05) is 32.4 Å². The van der Waals surface area contributed by atoms with Crippen molar-refractivity contribution in [1.29, 1.82) is 0 Å². The van der Waals surface area contributed by atoms with Gasteiger partial charge >= 0.3 is 0 Å². The van der Waals surface area contributed by atoms with Gasteiger partial charge in [0.1, 0.15) is 0 Å². The predicted octanol–water partition coefficient (Wildman–Crippen LogP) is 3.47. The van der Waals surface area contributed by atoms with Gasteiger partial charge in [0.25, 0.3) is 0 Å². The van der Waals surface area contributed by atoms with Crippen LogP contribution >= 0.6 is 11.8 Å². The van der Waals surface area contributed by atoms with Crippen LogP contribution in [0.5, 0.6) is 0 Å². The average Bonchev–Trinajstić information content (AvgIpc) is 2.97. The van der Waals surface area contributed by atoms with Crippen LogP contribution in [0.1, 0.15) is 31.2 Å². The van der Waals surface area contributed by atoms with Gasteiger partial charge in [-0.2, -0.15) is 0 Å². The highest BCUT2D eigenvalue weighted by Crippen LogP contribution is 2.25. The van der Waals surface area contributed by atoms with E-state index in [4.69, 9.17) is 0 Å². The molecule has 0 aromatic heterocycles. The third kappa shape index (κ3) is 3.38. The second-order valence-corrected chi connectivity index (χ2v) is 6.93. The van der Waals surface area contributed by atoms with Crippen molar-refractivity contribution >= 4 is 11.8 Å². The van der Waals surface area contributed by atoms with Crippen LogP contribution in [0.15, 0.2) is 29.2 Å². The Morgan fingerprint density at radius 1 is 1.10 bits per heavy atom. The van der Waals surface area contributed by atoms with Crippen molar-refractivity contribution in [2.45, 2.75) is 43.2 Å². The average molecular weight is 290 g/mol. The van der Waals surface area contributed by atoms with Crippen molar-refractivity contribution in [1.82, 2.24) is 9.80 Å². The molecule has 1 aromatic carbocycles. The van der Waals surface area contributed by atoms with E-state index in [-0.39, 0.29) is 0 Å². The van der Waals surface area contributed by atoms with E-state index in [1.165, 1.54) is 62.3 Å². The van der Waals surface area contributed by atoms with Crippen LogP contribution in [0.25, 0.3) is 0 Å². The summed E-state index contributed by atoms with van der Waals surface area (Å²) in [5, 5.41) is 0. The zero-order valence-electron chi connectivity index (χ0n) is 12.6. The molecule has 3 rings (SSSR count). The Balaban J connectivity index is 1.57. The summed E-state index contributed by atoms with van der Waals surface area (Å²) in [4.78, 5) is 6.83. The van der Waals surface area contributed by atoms with Gasteiger partial charge in [0.2, 0.25) is 0 Å². The summed E-state index contributed by atoms with van der Waals surface area (Å²) in [6.07, 6.45) is 7.80. The Hall–Kier alpha value is -0.510. The first-order valence-electron chi connectivity index (χ1n) is 7.95. The van der Waals surface area contributed by atoms with E-state index >= 15 is 0 Å². The molecule has 2 nitrogen and oxygen atoms in total. The third-order valence-electron chi connectivity index (χ3n) is 4.74. The highest BCUT2D eigenvalue weighted by atomic mass is 32.2. The summed E-state index contributed by atoms with van der Waals surface area (Å²) in [5.41, 5.74) is 1.50. The fourth-order valence-electron chi connectivity index (χ4n) is 3.61. The molecule has 0 N–H and O–H groups in total. The van der Waals surface area contributed by atoms with Gasteiger partial charge in [0.15, 0.2) is 0 Å². The Labute approximate surface area is 127 Å². The molecule has 2 aliphatic heterocycles. The van der Waals surface area contributed by atoms with E-state index in [0.29, 0.717) is 0 Å². The zero-order valence-corrected chi connectivity index (χ0v) is 13.4. The summed E-state index contributed by atoms with van der Waals surface area (Å²) < 4.78 is 0. The summed E-state index contributed by atoms with van der Waals surface area (Å²) in [6.45, 7) is 6.33. The number of benzene rings is 1. The molecule has 0 bridgehead atoms. The smallest absolute Gasteiger partial charge is 0.0245 e. The number of rotatable bonds is 4. The fraction of sp³-hybridized carbons (Fsp3) is 0.647. The van der Waals surface area contributed by atoms with E-state index in [1.54, 1.807) is 0 Å². The maximum Gasteiger partial charge on any atom is 0.0245 e. The molecule has 2 aliphatic rings. The third-order valence-corrected chi connectivity index (χ3v) is 5.58. The van der Waals surface area contributed by atoms with Gasteiger partial charge in [-0.15, -0.1) is 11.8 Å². The molecule has 0 saturated carbocycles. The van der Waals surface area contributed by atoms with Gasteiger partial charge < -0.3 is 0 Å². The minimum Gasteiger partial charge on any atom is -0.299 e. The molecular formula is C17H26N2S. The molecule has 2 fully saturated rings. The van der Waals surface area contributed by atoms with Crippen molar-refractivity contribution in [3.63, 3.8) is 0 Å². The van der Waals surface area contributed by atoms with Gasteiger partial charge in [0.05, 0.1) is 0 Å². The molecule has 1 unspecified atom stereocenters. The lowest BCUT2D eigenvalue weighted by atomic mass is 10.1. The first kappa shape index (κ1) is 14.4. The molecule has 1 atom stereocenters. The maximum absolute atomic E-state index is 2.74. The lowest BCUT2D eigenvalue weighted by molar-refractivity contribution is 0.161. The highest BCUT2D eigenvalue weighted by molar-refractivity contribution is 7.98. The van der Waals surface area contributed by atoms with Gasteiger partial charge in [-0.05, 0) is 50.2 Å². The Morgan fingerprint density at radius 2 is 1.90 bits per heavy atom. The Kier molecular flexibility index (Phi) is 5.03. The first-order chi connectivity index (χ1) is 9.86. The van der Waals surface area contributed by atoms with E-state index in [1.807, 2.05) is 11.8 Å². The molecule has 0 radical (unpaired) electrons. The molecule has 0 aliphatic carbocycles. The zero-order chi connectivity index (χ0) is 13.8. The molecule has 2 heterocycles. The van der Waals surface area contributed by atoms with E-state index in [9.17, 15) is 0 Å². The van der Waals surface area contributed by atoms with Gasteiger partial charge in [-0.25, -0.2) is 0 Å². The molecule has 2 saturated heterocycles. The monoisotopic (exact) mass is 290 g/mol.